The highest BCUT2D eigenvalue weighted by molar-refractivity contribution is 5.79. The summed E-state index contributed by atoms with van der Waals surface area (Å²) in [5.74, 6) is -0.0328. The second-order valence-corrected chi connectivity index (χ2v) is 4.86. The number of amides is 1. The molecule has 1 amide bonds. The van der Waals surface area contributed by atoms with Crippen molar-refractivity contribution in [3.05, 3.63) is 29.8 Å². The molecule has 2 N–H and O–H groups in total. The lowest BCUT2D eigenvalue weighted by Gasteiger charge is -2.12. The number of nitrogens with one attached hydrogen (secondary N) is 1. The lowest BCUT2D eigenvalue weighted by atomic mass is 10.1. The Hall–Kier alpha value is -2.06. The molecule has 2 atom stereocenters. The molecule has 1 aromatic carbocycles. The van der Waals surface area contributed by atoms with Crippen molar-refractivity contribution in [1.29, 1.82) is 5.26 Å². The molecule has 1 saturated heterocycles. The lowest BCUT2D eigenvalue weighted by Crippen LogP contribution is -2.31. The Balaban J connectivity index is 1.90. The second-order valence-electron chi connectivity index (χ2n) is 4.86. The average molecular weight is 259 g/mol. The molecule has 19 heavy (non-hydrogen) atoms. The van der Waals surface area contributed by atoms with Gasteiger partial charge in [-0.05, 0) is 19.5 Å². The van der Waals surface area contributed by atoms with Gasteiger partial charge in [-0.15, -0.1) is 0 Å². The van der Waals surface area contributed by atoms with E-state index >= 15 is 0 Å². The van der Waals surface area contributed by atoms with Gasteiger partial charge in [0.2, 0.25) is 5.91 Å². The van der Waals surface area contributed by atoms with E-state index in [1.165, 1.54) is 0 Å². The first-order valence-corrected chi connectivity index (χ1v) is 6.26. The first-order valence-electron chi connectivity index (χ1n) is 6.26. The fourth-order valence-corrected chi connectivity index (χ4v) is 2.33. The number of phenolic OH excluding ortho intramolecular Hbond substituents is 1. The number of phenols is 1. The van der Waals surface area contributed by atoms with Gasteiger partial charge in [0.15, 0.2) is 0 Å². The number of benzene rings is 1. The molecule has 1 fully saturated rings. The molecule has 1 heterocycles. The van der Waals surface area contributed by atoms with Crippen LogP contribution in [0.25, 0.3) is 0 Å². The quantitative estimate of drug-likeness (QED) is 0.844. The third-order valence-corrected chi connectivity index (χ3v) is 3.51. The third-order valence-electron chi connectivity index (χ3n) is 3.51. The van der Waals surface area contributed by atoms with Gasteiger partial charge in [-0.1, -0.05) is 18.2 Å². The Morgan fingerprint density at radius 1 is 1.58 bits per heavy atom. The fourth-order valence-electron chi connectivity index (χ4n) is 2.33. The van der Waals surface area contributed by atoms with Crippen molar-refractivity contribution in [3.8, 4) is 11.8 Å². The number of carbonyl (C=O) groups is 1. The van der Waals surface area contributed by atoms with Crippen LogP contribution in [0.3, 0.4) is 0 Å². The number of rotatable bonds is 3. The minimum Gasteiger partial charge on any atom is -0.508 e. The standard InChI is InChI=1S/C14H17N3O2/c1-17-9-11(6-12(17)7-15)14(19)16-8-10-4-2-3-5-13(10)18/h2-5,11-12,18H,6,8-9H2,1H3,(H,16,19). The Labute approximate surface area is 112 Å². The Kier molecular flexibility index (Phi) is 4.03. The van der Waals surface area contributed by atoms with Crippen LogP contribution in [0.4, 0.5) is 0 Å². The van der Waals surface area contributed by atoms with E-state index in [0.29, 0.717) is 25.1 Å². The minimum absolute atomic E-state index is 0.0622. The summed E-state index contributed by atoms with van der Waals surface area (Å²) in [5.41, 5.74) is 0.694. The van der Waals surface area contributed by atoms with Crippen LogP contribution < -0.4 is 5.32 Å². The lowest BCUT2D eigenvalue weighted by molar-refractivity contribution is -0.124. The van der Waals surface area contributed by atoms with Crippen LogP contribution in [0.1, 0.15) is 12.0 Å². The molecule has 2 rings (SSSR count). The second kappa shape index (κ2) is 5.72. The van der Waals surface area contributed by atoms with Gasteiger partial charge in [-0.2, -0.15) is 5.26 Å². The van der Waals surface area contributed by atoms with Crippen LogP contribution in [-0.4, -0.2) is 35.5 Å². The van der Waals surface area contributed by atoms with Gasteiger partial charge < -0.3 is 10.4 Å². The summed E-state index contributed by atoms with van der Waals surface area (Å²) in [7, 11) is 1.85. The molecule has 5 nitrogen and oxygen atoms in total. The monoisotopic (exact) mass is 259 g/mol. The Morgan fingerprint density at radius 2 is 2.32 bits per heavy atom. The average Bonchev–Trinajstić information content (AvgIpc) is 2.79. The van der Waals surface area contributed by atoms with Gasteiger partial charge in [0.1, 0.15) is 5.75 Å². The Morgan fingerprint density at radius 3 is 2.95 bits per heavy atom. The number of aromatic hydroxyl groups is 1. The van der Waals surface area contributed by atoms with E-state index < -0.39 is 0 Å². The van der Waals surface area contributed by atoms with E-state index in [4.69, 9.17) is 5.26 Å². The largest absolute Gasteiger partial charge is 0.508 e. The van der Waals surface area contributed by atoms with Gasteiger partial charge in [-0.25, -0.2) is 0 Å². The van der Waals surface area contributed by atoms with E-state index in [9.17, 15) is 9.90 Å². The number of hydrogen-bond donors (Lipinski definition) is 2. The number of para-hydroxylation sites is 1. The maximum absolute atomic E-state index is 12.0. The van der Waals surface area contributed by atoms with E-state index in [-0.39, 0.29) is 23.6 Å². The SMILES string of the molecule is CN1CC(C(=O)NCc2ccccc2O)CC1C#N. The zero-order valence-corrected chi connectivity index (χ0v) is 10.8. The van der Waals surface area contributed by atoms with E-state index in [1.54, 1.807) is 18.2 Å². The highest BCUT2D eigenvalue weighted by Crippen LogP contribution is 2.21. The minimum atomic E-state index is -0.180. The summed E-state index contributed by atoms with van der Waals surface area (Å²) in [5, 5.41) is 21.3. The van der Waals surface area contributed by atoms with Crippen molar-refractivity contribution in [3.63, 3.8) is 0 Å². The van der Waals surface area contributed by atoms with Crippen molar-refractivity contribution in [1.82, 2.24) is 10.2 Å². The number of likely N-dealkylation sites (tertiary alicyclic amines) is 1. The van der Waals surface area contributed by atoms with E-state index in [1.807, 2.05) is 18.0 Å². The maximum Gasteiger partial charge on any atom is 0.224 e. The number of nitriles is 1. The number of carbonyl (C=O) groups excluding carboxylic acids is 1. The summed E-state index contributed by atoms with van der Waals surface area (Å²) < 4.78 is 0. The highest BCUT2D eigenvalue weighted by atomic mass is 16.3. The van der Waals surface area contributed by atoms with Crippen molar-refractivity contribution in [2.45, 2.75) is 19.0 Å². The zero-order valence-electron chi connectivity index (χ0n) is 10.8. The fraction of sp³-hybridized carbons (Fsp3) is 0.429. The molecule has 5 heteroatoms. The first kappa shape index (κ1) is 13.4. The summed E-state index contributed by atoms with van der Waals surface area (Å²) in [6.07, 6.45) is 0.569. The highest BCUT2D eigenvalue weighted by Gasteiger charge is 2.33. The molecule has 1 aromatic rings. The van der Waals surface area contributed by atoms with Crippen molar-refractivity contribution >= 4 is 5.91 Å². The van der Waals surface area contributed by atoms with Gasteiger partial charge >= 0.3 is 0 Å². The van der Waals surface area contributed by atoms with Crippen molar-refractivity contribution in [2.75, 3.05) is 13.6 Å². The molecule has 0 radical (unpaired) electrons. The predicted octanol–water partition coefficient (Wildman–Crippen LogP) is 0.852. The van der Waals surface area contributed by atoms with Crippen molar-refractivity contribution in [2.24, 2.45) is 5.92 Å². The van der Waals surface area contributed by atoms with Gasteiger partial charge in [0.25, 0.3) is 0 Å². The number of hydrogen-bond acceptors (Lipinski definition) is 4. The van der Waals surface area contributed by atoms with E-state index in [2.05, 4.69) is 11.4 Å². The van der Waals surface area contributed by atoms with Gasteiger partial charge in [0.05, 0.1) is 18.0 Å². The molecule has 0 saturated carbocycles. The summed E-state index contributed by atoms with van der Waals surface area (Å²) >= 11 is 0. The van der Waals surface area contributed by atoms with Crippen molar-refractivity contribution < 1.29 is 9.90 Å². The van der Waals surface area contributed by atoms with E-state index in [0.717, 1.165) is 0 Å². The Bertz CT molecular complexity index is 510. The van der Waals surface area contributed by atoms with Crippen LogP contribution in [-0.2, 0) is 11.3 Å². The molecule has 100 valence electrons. The topological polar surface area (TPSA) is 76.4 Å². The summed E-state index contributed by atoms with van der Waals surface area (Å²) in [4.78, 5) is 13.9. The smallest absolute Gasteiger partial charge is 0.224 e. The van der Waals surface area contributed by atoms with Gasteiger partial charge in [-0.3, -0.25) is 9.69 Å². The number of nitrogens with zero attached hydrogens (tertiary/aromatic N) is 2. The maximum atomic E-state index is 12.0. The predicted molar refractivity (Wildman–Crippen MR) is 70.1 cm³/mol. The molecule has 0 aliphatic carbocycles. The van der Waals surface area contributed by atoms with Crippen LogP contribution in [0.15, 0.2) is 24.3 Å². The molecule has 0 aromatic heterocycles. The molecular formula is C14H17N3O2. The van der Waals surface area contributed by atoms with Crippen LogP contribution in [0.2, 0.25) is 0 Å². The van der Waals surface area contributed by atoms with Crippen LogP contribution in [0, 0.1) is 17.2 Å². The molecule has 0 bridgehead atoms. The molecule has 2 unspecified atom stereocenters. The van der Waals surface area contributed by atoms with Gasteiger partial charge in [0, 0.05) is 18.7 Å². The first-order chi connectivity index (χ1) is 9.11. The molecule has 1 aliphatic rings. The molecule has 1 aliphatic heterocycles. The summed E-state index contributed by atoms with van der Waals surface area (Å²) in [6.45, 7) is 0.910. The third kappa shape index (κ3) is 3.04. The summed E-state index contributed by atoms with van der Waals surface area (Å²) in [6, 6.07) is 8.93. The van der Waals surface area contributed by atoms with Crippen LogP contribution >= 0.6 is 0 Å². The zero-order chi connectivity index (χ0) is 13.8. The van der Waals surface area contributed by atoms with Crippen LogP contribution in [0.5, 0.6) is 5.75 Å². The molecule has 0 spiro atoms. The molecular weight excluding hydrogens is 242 g/mol. The normalized spacial score (nSPS) is 22.9.